The zero-order valence-corrected chi connectivity index (χ0v) is 12.3. The van der Waals surface area contributed by atoms with E-state index in [1.807, 2.05) is 13.8 Å². The third-order valence-corrected chi connectivity index (χ3v) is 4.18. The van der Waals surface area contributed by atoms with Crippen molar-refractivity contribution in [1.29, 1.82) is 0 Å². The molecule has 0 saturated carbocycles. The highest BCUT2D eigenvalue weighted by Gasteiger charge is 2.39. The minimum atomic E-state index is -0.871. The van der Waals surface area contributed by atoms with Gasteiger partial charge in [0.05, 0.1) is 0 Å². The average molecular weight is 274 g/mol. The molecule has 0 aromatic rings. The second-order valence-corrected chi connectivity index (χ2v) is 6.36. The molecule has 1 heterocycles. The molecule has 0 radical (unpaired) electrons. The first-order valence-corrected chi connectivity index (χ1v) is 8.03. The molecular weight excluding hydrogens is 252 g/mol. The Hall–Kier alpha value is -0.910. The predicted molar refractivity (Wildman–Crippen MR) is 71.5 cm³/mol. The van der Waals surface area contributed by atoms with Gasteiger partial charge >= 0.3 is 0 Å². The standard InChI is InChI=1S/C12H22N2O3S/c1-5-10-12(16)14(9(3)11(15)13-10)8(2)6-7-18(4)17/h8-10H,5-7H2,1-4H3,(H,13,15). The van der Waals surface area contributed by atoms with Crippen molar-refractivity contribution >= 4 is 22.6 Å². The lowest BCUT2D eigenvalue weighted by molar-refractivity contribution is -0.151. The summed E-state index contributed by atoms with van der Waals surface area (Å²) in [5.41, 5.74) is 0. The van der Waals surface area contributed by atoms with Crippen LogP contribution in [0.4, 0.5) is 0 Å². The fourth-order valence-corrected chi connectivity index (χ4v) is 2.88. The number of rotatable bonds is 5. The van der Waals surface area contributed by atoms with Crippen molar-refractivity contribution in [3.8, 4) is 0 Å². The molecule has 5 nitrogen and oxygen atoms in total. The molecule has 1 saturated heterocycles. The molecule has 1 aliphatic heterocycles. The van der Waals surface area contributed by atoms with Crippen LogP contribution in [-0.4, -0.2) is 51.1 Å². The number of nitrogens with one attached hydrogen (secondary N) is 1. The maximum absolute atomic E-state index is 12.2. The van der Waals surface area contributed by atoms with Gasteiger partial charge in [-0.3, -0.25) is 13.8 Å². The van der Waals surface area contributed by atoms with E-state index >= 15 is 0 Å². The lowest BCUT2D eigenvalue weighted by Gasteiger charge is -2.40. The monoisotopic (exact) mass is 274 g/mol. The van der Waals surface area contributed by atoms with Gasteiger partial charge in [-0.05, 0) is 26.7 Å². The molecule has 1 rings (SSSR count). The Labute approximate surface area is 111 Å². The molecule has 0 aliphatic carbocycles. The Morgan fingerprint density at radius 1 is 1.44 bits per heavy atom. The summed E-state index contributed by atoms with van der Waals surface area (Å²) in [6, 6.07) is -0.916. The third-order valence-electron chi connectivity index (χ3n) is 3.37. The van der Waals surface area contributed by atoms with Gasteiger partial charge in [-0.15, -0.1) is 0 Å². The normalized spacial score (nSPS) is 27.9. The number of nitrogens with zero attached hydrogens (tertiary/aromatic N) is 1. The smallest absolute Gasteiger partial charge is 0.246 e. The second-order valence-electron chi connectivity index (χ2n) is 4.81. The largest absolute Gasteiger partial charge is 0.343 e. The topological polar surface area (TPSA) is 66.5 Å². The molecule has 0 aromatic carbocycles. The van der Waals surface area contributed by atoms with Crippen LogP contribution in [0.15, 0.2) is 0 Å². The SMILES string of the molecule is CCC1NC(=O)C(C)N(C(C)CCS(C)=O)C1=O. The van der Waals surface area contributed by atoms with Gasteiger partial charge in [0.25, 0.3) is 0 Å². The number of hydrogen-bond acceptors (Lipinski definition) is 3. The van der Waals surface area contributed by atoms with Crippen molar-refractivity contribution < 1.29 is 13.8 Å². The lowest BCUT2D eigenvalue weighted by Crippen LogP contribution is -2.64. The van der Waals surface area contributed by atoms with Crippen molar-refractivity contribution in [3.63, 3.8) is 0 Å². The Morgan fingerprint density at radius 3 is 2.56 bits per heavy atom. The van der Waals surface area contributed by atoms with E-state index in [9.17, 15) is 13.8 Å². The molecule has 4 atom stereocenters. The van der Waals surface area contributed by atoms with E-state index in [0.717, 1.165) is 0 Å². The Balaban J connectivity index is 2.78. The Kier molecular flexibility index (Phi) is 5.31. The molecule has 0 bridgehead atoms. The molecule has 104 valence electrons. The molecule has 1 fully saturated rings. The molecule has 1 N–H and O–H groups in total. The van der Waals surface area contributed by atoms with Crippen LogP contribution in [0, 0.1) is 0 Å². The first kappa shape index (κ1) is 15.1. The maximum atomic E-state index is 12.2. The number of carbonyl (C=O) groups is 2. The molecule has 4 unspecified atom stereocenters. The van der Waals surface area contributed by atoms with Gasteiger partial charge in [-0.1, -0.05) is 6.92 Å². The highest BCUT2D eigenvalue weighted by molar-refractivity contribution is 7.84. The summed E-state index contributed by atoms with van der Waals surface area (Å²) >= 11 is 0. The Morgan fingerprint density at radius 2 is 2.06 bits per heavy atom. The predicted octanol–water partition coefficient (Wildman–Crippen LogP) is 0.269. The van der Waals surface area contributed by atoms with Crippen LogP contribution in [0.5, 0.6) is 0 Å². The van der Waals surface area contributed by atoms with E-state index in [0.29, 0.717) is 18.6 Å². The number of amides is 2. The molecule has 0 aromatic heterocycles. The minimum absolute atomic E-state index is 0.0287. The van der Waals surface area contributed by atoms with E-state index in [1.165, 1.54) is 0 Å². The number of hydrogen-bond donors (Lipinski definition) is 1. The first-order chi connectivity index (χ1) is 8.38. The van der Waals surface area contributed by atoms with Gasteiger partial charge in [0.2, 0.25) is 11.8 Å². The molecule has 1 aliphatic rings. The highest BCUT2D eigenvalue weighted by Crippen LogP contribution is 2.17. The summed E-state index contributed by atoms with van der Waals surface area (Å²) in [4.78, 5) is 25.7. The minimum Gasteiger partial charge on any atom is -0.343 e. The van der Waals surface area contributed by atoms with Gasteiger partial charge in [-0.2, -0.15) is 0 Å². The van der Waals surface area contributed by atoms with E-state index in [4.69, 9.17) is 0 Å². The molecule has 0 spiro atoms. The second kappa shape index (κ2) is 6.31. The van der Waals surface area contributed by atoms with Gasteiger partial charge in [0.15, 0.2) is 0 Å². The molecule has 18 heavy (non-hydrogen) atoms. The van der Waals surface area contributed by atoms with Crippen LogP contribution in [0.2, 0.25) is 0 Å². The third kappa shape index (κ3) is 3.31. The van der Waals surface area contributed by atoms with Gasteiger partial charge < -0.3 is 10.2 Å². The van der Waals surface area contributed by atoms with Crippen LogP contribution in [0.1, 0.15) is 33.6 Å². The Bertz CT molecular complexity index is 359. The fourth-order valence-electron chi connectivity index (χ4n) is 2.20. The average Bonchev–Trinajstić information content (AvgIpc) is 2.31. The summed E-state index contributed by atoms with van der Waals surface area (Å²) in [5.74, 6) is 0.417. The zero-order chi connectivity index (χ0) is 13.9. The molecule has 6 heteroatoms. The van der Waals surface area contributed by atoms with E-state index in [-0.39, 0.29) is 17.9 Å². The highest BCUT2D eigenvalue weighted by atomic mass is 32.2. The quantitative estimate of drug-likeness (QED) is 0.782. The van der Waals surface area contributed by atoms with Crippen LogP contribution < -0.4 is 5.32 Å². The molecule has 2 amide bonds. The number of piperazine rings is 1. The first-order valence-electron chi connectivity index (χ1n) is 6.31. The summed E-state index contributed by atoms with van der Waals surface area (Å²) in [6.07, 6.45) is 2.90. The van der Waals surface area contributed by atoms with Crippen LogP contribution in [0.3, 0.4) is 0 Å². The van der Waals surface area contributed by atoms with Crippen molar-refractivity contribution in [1.82, 2.24) is 10.2 Å². The van der Waals surface area contributed by atoms with Crippen molar-refractivity contribution in [2.75, 3.05) is 12.0 Å². The van der Waals surface area contributed by atoms with E-state index < -0.39 is 22.9 Å². The van der Waals surface area contributed by atoms with E-state index in [1.54, 1.807) is 18.1 Å². The van der Waals surface area contributed by atoms with Gasteiger partial charge in [0.1, 0.15) is 12.1 Å². The van der Waals surface area contributed by atoms with Gasteiger partial charge in [0, 0.05) is 28.9 Å². The summed E-state index contributed by atoms with van der Waals surface area (Å²) in [5, 5.41) is 2.73. The van der Waals surface area contributed by atoms with Crippen molar-refractivity contribution in [2.45, 2.75) is 51.7 Å². The fraction of sp³-hybridized carbons (Fsp3) is 0.833. The summed E-state index contributed by atoms with van der Waals surface area (Å²) in [7, 11) is -0.871. The maximum Gasteiger partial charge on any atom is 0.246 e. The van der Waals surface area contributed by atoms with Gasteiger partial charge in [-0.25, -0.2) is 0 Å². The van der Waals surface area contributed by atoms with Crippen LogP contribution >= 0.6 is 0 Å². The van der Waals surface area contributed by atoms with Crippen molar-refractivity contribution in [3.05, 3.63) is 0 Å². The van der Waals surface area contributed by atoms with Crippen LogP contribution in [0.25, 0.3) is 0 Å². The lowest BCUT2D eigenvalue weighted by atomic mass is 10.0. The summed E-state index contributed by atoms with van der Waals surface area (Å²) in [6.45, 7) is 5.52. The van der Waals surface area contributed by atoms with Crippen LogP contribution in [-0.2, 0) is 20.4 Å². The van der Waals surface area contributed by atoms with E-state index in [2.05, 4.69) is 5.32 Å². The zero-order valence-electron chi connectivity index (χ0n) is 11.4. The van der Waals surface area contributed by atoms with Crippen molar-refractivity contribution in [2.24, 2.45) is 0 Å². The molecular formula is C12H22N2O3S. The number of carbonyl (C=O) groups excluding carboxylic acids is 2. The summed E-state index contributed by atoms with van der Waals surface area (Å²) < 4.78 is 11.1.